The molecule has 0 fully saturated rings. The van der Waals surface area contributed by atoms with Gasteiger partial charge in [-0.1, -0.05) is 16.8 Å². The quantitative estimate of drug-likeness (QED) is 0.878. The van der Waals surface area contributed by atoms with Gasteiger partial charge in [-0.15, -0.1) is 0 Å². The molecule has 0 aliphatic heterocycles. The first-order chi connectivity index (χ1) is 7.58. The second-order valence-electron chi connectivity index (χ2n) is 3.37. The molecule has 1 aromatic heterocycles. The molecular weight excluding hydrogens is 233 g/mol. The first kappa shape index (κ1) is 11.0. The monoisotopic (exact) mass is 241 g/mol. The highest BCUT2D eigenvalue weighted by Crippen LogP contribution is 2.25. The Morgan fingerprint density at radius 3 is 2.88 bits per heavy atom. The molecule has 1 heterocycles. The molecule has 0 saturated carbocycles. The SMILES string of the molecule is C[C@H](N)c1noc(-c2cc(Cl)ccc2F)n1. The van der Waals surface area contributed by atoms with Gasteiger partial charge in [-0.05, 0) is 25.1 Å². The van der Waals surface area contributed by atoms with Gasteiger partial charge < -0.3 is 10.3 Å². The largest absolute Gasteiger partial charge is 0.334 e. The standard InChI is InChI=1S/C10H9ClFN3O/c1-5(13)9-14-10(16-15-9)7-4-6(11)2-3-8(7)12/h2-5H,13H2,1H3/t5-/m0/s1. The van der Waals surface area contributed by atoms with Crippen LogP contribution in [0, 0.1) is 5.82 Å². The zero-order valence-corrected chi connectivity index (χ0v) is 9.20. The zero-order chi connectivity index (χ0) is 11.7. The van der Waals surface area contributed by atoms with Gasteiger partial charge in [-0.2, -0.15) is 4.98 Å². The fraction of sp³-hybridized carbons (Fsp3) is 0.200. The Kier molecular flexibility index (Phi) is 2.89. The maximum atomic E-state index is 13.4. The zero-order valence-electron chi connectivity index (χ0n) is 8.45. The second-order valence-corrected chi connectivity index (χ2v) is 3.81. The van der Waals surface area contributed by atoms with Gasteiger partial charge in [-0.25, -0.2) is 4.39 Å². The van der Waals surface area contributed by atoms with E-state index in [0.29, 0.717) is 10.8 Å². The van der Waals surface area contributed by atoms with E-state index in [1.54, 1.807) is 6.92 Å². The Labute approximate surface area is 96.2 Å². The van der Waals surface area contributed by atoms with Crippen LogP contribution in [-0.2, 0) is 0 Å². The maximum Gasteiger partial charge on any atom is 0.261 e. The van der Waals surface area contributed by atoms with E-state index in [4.69, 9.17) is 21.9 Å². The lowest BCUT2D eigenvalue weighted by atomic mass is 10.2. The lowest BCUT2D eigenvalue weighted by Crippen LogP contribution is -2.06. The molecule has 0 aliphatic rings. The van der Waals surface area contributed by atoms with Crippen LogP contribution in [0.1, 0.15) is 18.8 Å². The Bertz CT molecular complexity index is 513. The van der Waals surface area contributed by atoms with Crippen LogP contribution >= 0.6 is 11.6 Å². The first-order valence-corrected chi connectivity index (χ1v) is 5.00. The number of rotatable bonds is 2. The molecule has 0 bridgehead atoms. The number of hydrogen-bond donors (Lipinski definition) is 1. The molecule has 2 aromatic rings. The number of nitrogens with zero attached hydrogens (tertiary/aromatic N) is 2. The topological polar surface area (TPSA) is 64.9 Å². The van der Waals surface area contributed by atoms with E-state index in [-0.39, 0.29) is 17.5 Å². The molecule has 0 aliphatic carbocycles. The Morgan fingerprint density at radius 2 is 2.25 bits per heavy atom. The predicted octanol–water partition coefficient (Wildman–Crippen LogP) is 2.55. The average molecular weight is 242 g/mol. The van der Waals surface area contributed by atoms with Crippen molar-refractivity contribution in [3.8, 4) is 11.5 Å². The summed E-state index contributed by atoms with van der Waals surface area (Å²) in [5.74, 6) is -0.0639. The van der Waals surface area contributed by atoms with Crippen LogP contribution in [0.25, 0.3) is 11.5 Å². The Hall–Kier alpha value is -1.46. The van der Waals surface area contributed by atoms with Crippen LogP contribution in [-0.4, -0.2) is 10.1 Å². The summed E-state index contributed by atoms with van der Waals surface area (Å²) in [5.41, 5.74) is 5.74. The van der Waals surface area contributed by atoms with Crippen LogP contribution in [0.2, 0.25) is 5.02 Å². The lowest BCUT2D eigenvalue weighted by Gasteiger charge is -1.97. The molecule has 0 unspecified atom stereocenters. The average Bonchev–Trinajstić information content (AvgIpc) is 2.70. The summed E-state index contributed by atoms with van der Waals surface area (Å²) in [6.07, 6.45) is 0. The smallest absolute Gasteiger partial charge is 0.261 e. The highest BCUT2D eigenvalue weighted by molar-refractivity contribution is 6.30. The summed E-state index contributed by atoms with van der Waals surface area (Å²) in [6, 6.07) is 3.76. The Morgan fingerprint density at radius 1 is 1.50 bits per heavy atom. The van der Waals surface area contributed by atoms with Crippen molar-refractivity contribution in [2.45, 2.75) is 13.0 Å². The van der Waals surface area contributed by atoms with Gasteiger partial charge in [-0.3, -0.25) is 0 Å². The van der Waals surface area contributed by atoms with E-state index >= 15 is 0 Å². The third-order valence-corrected chi connectivity index (χ3v) is 2.24. The van der Waals surface area contributed by atoms with Crippen LogP contribution in [0.3, 0.4) is 0 Å². The van der Waals surface area contributed by atoms with E-state index in [0.717, 1.165) is 0 Å². The molecule has 0 spiro atoms. The van der Waals surface area contributed by atoms with E-state index in [1.165, 1.54) is 18.2 Å². The van der Waals surface area contributed by atoms with E-state index < -0.39 is 5.82 Å². The molecule has 0 amide bonds. The van der Waals surface area contributed by atoms with E-state index in [1.807, 2.05) is 0 Å². The van der Waals surface area contributed by atoms with Gasteiger partial charge in [0, 0.05) is 5.02 Å². The number of halogens is 2. The molecule has 0 saturated heterocycles. The molecule has 0 radical (unpaired) electrons. The highest BCUT2D eigenvalue weighted by Gasteiger charge is 2.15. The molecule has 16 heavy (non-hydrogen) atoms. The van der Waals surface area contributed by atoms with Gasteiger partial charge >= 0.3 is 0 Å². The van der Waals surface area contributed by atoms with Crippen molar-refractivity contribution in [2.24, 2.45) is 5.73 Å². The van der Waals surface area contributed by atoms with Gasteiger partial charge in [0.15, 0.2) is 5.82 Å². The number of hydrogen-bond acceptors (Lipinski definition) is 4. The molecule has 1 aromatic carbocycles. The van der Waals surface area contributed by atoms with Crippen LogP contribution in [0.15, 0.2) is 22.7 Å². The summed E-state index contributed by atoms with van der Waals surface area (Å²) >= 11 is 5.75. The summed E-state index contributed by atoms with van der Waals surface area (Å²) in [6.45, 7) is 1.71. The normalized spacial score (nSPS) is 12.8. The van der Waals surface area contributed by atoms with Crippen molar-refractivity contribution < 1.29 is 8.91 Å². The molecule has 1 atom stereocenters. The second kappa shape index (κ2) is 4.19. The van der Waals surface area contributed by atoms with Gasteiger partial charge in [0.05, 0.1) is 11.6 Å². The van der Waals surface area contributed by atoms with Crippen molar-refractivity contribution >= 4 is 11.6 Å². The molecule has 4 nitrogen and oxygen atoms in total. The van der Waals surface area contributed by atoms with E-state index in [2.05, 4.69) is 10.1 Å². The van der Waals surface area contributed by atoms with Crippen molar-refractivity contribution in [1.29, 1.82) is 0 Å². The van der Waals surface area contributed by atoms with Gasteiger partial charge in [0.2, 0.25) is 0 Å². The van der Waals surface area contributed by atoms with Crippen molar-refractivity contribution in [2.75, 3.05) is 0 Å². The fourth-order valence-corrected chi connectivity index (χ4v) is 1.36. The number of benzene rings is 1. The minimum absolute atomic E-state index is 0.0762. The minimum atomic E-state index is -0.468. The molecule has 2 rings (SSSR count). The minimum Gasteiger partial charge on any atom is -0.334 e. The van der Waals surface area contributed by atoms with Crippen molar-refractivity contribution in [1.82, 2.24) is 10.1 Å². The van der Waals surface area contributed by atoms with Crippen molar-refractivity contribution in [3.63, 3.8) is 0 Å². The van der Waals surface area contributed by atoms with Crippen LogP contribution < -0.4 is 5.73 Å². The van der Waals surface area contributed by atoms with E-state index in [9.17, 15) is 4.39 Å². The number of aromatic nitrogens is 2. The maximum absolute atomic E-state index is 13.4. The van der Waals surface area contributed by atoms with Crippen molar-refractivity contribution in [3.05, 3.63) is 34.9 Å². The molecule has 6 heteroatoms. The summed E-state index contributed by atoms with van der Waals surface area (Å²) in [7, 11) is 0. The van der Waals surface area contributed by atoms with Crippen LogP contribution in [0.5, 0.6) is 0 Å². The molecule has 2 N–H and O–H groups in total. The Balaban J connectivity index is 2.46. The summed E-state index contributed by atoms with van der Waals surface area (Å²) < 4.78 is 18.4. The fourth-order valence-electron chi connectivity index (χ4n) is 1.19. The molecule has 84 valence electrons. The van der Waals surface area contributed by atoms with Gasteiger partial charge in [0.1, 0.15) is 5.82 Å². The first-order valence-electron chi connectivity index (χ1n) is 4.62. The molecular formula is C10H9ClFN3O. The number of nitrogens with two attached hydrogens (primary N) is 1. The highest BCUT2D eigenvalue weighted by atomic mass is 35.5. The predicted molar refractivity (Wildman–Crippen MR) is 57.3 cm³/mol. The summed E-state index contributed by atoms with van der Waals surface area (Å²) in [4.78, 5) is 3.98. The summed E-state index contributed by atoms with van der Waals surface area (Å²) in [5, 5.41) is 4.04. The lowest BCUT2D eigenvalue weighted by molar-refractivity contribution is 0.416. The van der Waals surface area contributed by atoms with Gasteiger partial charge in [0.25, 0.3) is 5.89 Å². The van der Waals surface area contributed by atoms with Crippen LogP contribution in [0.4, 0.5) is 4.39 Å². The third-order valence-electron chi connectivity index (χ3n) is 2.01. The third kappa shape index (κ3) is 2.05.